The van der Waals surface area contributed by atoms with E-state index in [-0.39, 0.29) is 29.7 Å². The van der Waals surface area contributed by atoms with Gasteiger partial charge in [-0.2, -0.15) is 10.1 Å². The lowest BCUT2D eigenvalue weighted by atomic mass is 10.2. The van der Waals surface area contributed by atoms with E-state index in [0.717, 1.165) is 4.90 Å². The number of hydrazone groups is 1. The number of para-hydroxylation sites is 1. The third-order valence-electron chi connectivity index (χ3n) is 6.07. The zero-order chi connectivity index (χ0) is 30.0. The molecule has 0 fully saturated rings. The number of amidine groups is 1. The van der Waals surface area contributed by atoms with Gasteiger partial charge in [-0.05, 0) is 66.2 Å². The van der Waals surface area contributed by atoms with E-state index in [4.69, 9.17) is 0 Å². The van der Waals surface area contributed by atoms with Crippen LogP contribution in [0.25, 0.3) is 6.08 Å². The highest BCUT2D eigenvalue weighted by Crippen LogP contribution is 2.22. The molecule has 1 aliphatic heterocycles. The smallest absolute Gasteiger partial charge is 0.272 e. The number of thioether (sulfide) groups is 1. The molecule has 3 N–H and O–H groups in total. The fourth-order valence-corrected chi connectivity index (χ4v) is 4.72. The van der Waals surface area contributed by atoms with Crippen molar-refractivity contribution in [1.82, 2.24) is 15.6 Å². The predicted molar refractivity (Wildman–Crippen MR) is 166 cm³/mol. The van der Waals surface area contributed by atoms with Crippen molar-refractivity contribution >= 4 is 58.7 Å². The fourth-order valence-electron chi connectivity index (χ4n) is 4.02. The normalized spacial score (nSPS) is 12.8. The molecule has 2 heterocycles. The van der Waals surface area contributed by atoms with Gasteiger partial charge in [-0.25, -0.2) is 0 Å². The summed E-state index contributed by atoms with van der Waals surface area (Å²) < 4.78 is 0. The van der Waals surface area contributed by atoms with Crippen molar-refractivity contribution in [1.29, 1.82) is 0 Å². The summed E-state index contributed by atoms with van der Waals surface area (Å²) in [5.41, 5.74) is 2.25. The van der Waals surface area contributed by atoms with Crippen LogP contribution in [-0.2, 0) is 14.4 Å². The maximum Gasteiger partial charge on any atom is 0.272 e. The van der Waals surface area contributed by atoms with Crippen LogP contribution in [-0.4, -0.2) is 40.2 Å². The number of nitrogens with one attached hydrogen (secondary N) is 3. The molecule has 0 saturated carbocycles. The van der Waals surface area contributed by atoms with Crippen molar-refractivity contribution in [3.05, 3.63) is 126 Å². The predicted octanol–water partition coefficient (Wildman–Crippen LogP) is 4.45. The van der Waals surface area contributed by atoms with E-state index in [1.165, 1.54) is 16.8 Å². The molecule has 0 bridgehead atoms. The van der Waals surface area contributed by atoms with Gasteiger partial charge >= 0.3 is 0 Å². The molecule has 4 amide bonds. The number of benzene rings is 3. The van der Waals surface area contributed by atoms with Gasteiger partial charge in [0.25, 0.3) is 17.7 Å². The first-order valence-electron chi connectivity index (χ1n) is 13.2. The molecular formula is C32H26N6O4S. The highest BCUT2D eigenvalue weighted by atomic mass is 32.2. The van der Waals surface area contributed by atoms with Gasteiger partial charge in [-0.1, -0.05) is 42.5 Å². The molecular weight excluding hydrogens is 564 g/mol. The summed E-state index contributed by atoms with van der Waals surface area (Å²) in [5, 5.41) is 13.7. The topological polar surface area (TPSA) is 133 Å². The average molecular weight is 591 g/mol. The lowest BCUT2D eigenvalue weighted by Crippen LogP contribution is -2.31. The Hall–Kier alpha value is -5.55. The molecule has 214 valence electrons. The highest BCUT2D eigenvalue weighted by Gasteiger charge is 2.26. The largest absolute Gasteiger partial charge is 0.321 e. The van der Waals surface area contributed by atoms with E-state index in [0.29, 0.717) is 28.3 Å². The van der Waals surface area contributed by atoms with E-state index in [1.54, 1.807) is 97.3 Å². The van der Waals surface area contributed by atoms with Gasteiger partial charge in [0.1, 0.15) is 11.5 Å². The van der Waals surface area contributed by atoms with Crippen LogP contribution < -0.4 is 21.0 Å². The molecule has 10 nitrogen and oxygen atoms in total. The molecule has 1 aromatic heterocycles. The number of carbonyl (C=O) groups excluding carboxylic acids is 4. The maximum absolute atomic E-state index is 13.2. The number of rotatable bonds is 9. The minimum atomic E-state index is -0.510. The minimum absolute atomic E-state index is 0.0166. The highest BCUT2D eigenvalue weighted by molar-refractivity contribution is 8.00. The van der Waals surface area contributed by atoms with Crippen LogP contribution in [0.4, 0.5) is 11.4 Å². The van der Waals surface area contributed by atoms with Crippen LogP contribution in [0, 0.1) is 0 Å². The van der Waals surface area contributed by atoms with Gasteiger partial charge in [-0.15, -0.1) is 11.8 Å². The minimum Gasteiger partial charge on any atom is -0.321 e. The molecule has 0 atom stereocenters. The van der Waals surface area contributed by atoms with E-state index in [9.17, 15) is 19.2 Å². The van der Waals surface area contributed by atoms with Gasteiger partial charge < -0.3 is 16.0 Å². The Balaban J connectivity index is 1.17. The molecule has 3 aromatic carbocycles. The molecule has 11 heteroatoms. The van der Waals surface area contributed by atoms with Crippen molar-refractivity contribution in [2.45, 2.75) is 11.3 Å². The number of aromatic nitrogens is 1. The molecule has 0 saturated heterocycles. The SMILES string of the molecule is O=C(CSc1ccc(NC(=O)/C(=C/c2cccnc2)NC(=O)c2ccccc2)cc1)NC1=NN(c2ccccc2)C(=O)C1. The van der Waals surface area contributed by atoms with E-state index < -0.39 is 11.8 Å². The number of pyridine rings is 1. The van der Waals surface area contributed by atoms with Crippen LogP contribution in [0.5, 0.6) is 0 Å². The molecule has 5 rings (SSSR count). The first kappa shape index (κ1) is 29.0. The summed E-state index contributed by atoms with van der Waals surface area (Å²) in [5.74, 6) is -1.03. The van der Waals surface area contributed by atoms with E-state index in [2.05, 4.69) is 26.0 Å². The average Bonchev–Trinajstić information content (AvgIpc) is 3.41. The number of hydrogen-bond donors (Lipinski definition) is 3. The van der Waals surface area contributed by atoms with Gasteiger partial charge in [0.15, 0.2) is 0 Å². The third kappa shape index (κ3) is 8.02. The van der Waals surface area contributed by atoms with Gasteiger partial charge in [-0.3, -0.25) is 24.2 Å². The number of anilines is 2. The Bertz CT molecular complexity index is 1680. The van der Waals surface area contributed by atoms with Crippen LogP contribution in [0.15, 0.2) is 125 Å². The summed E-state index contributed by atoms with van der Waals surface area (Å²) in [6.07, 6.45) is 4.77. The molecule has 0 radical (unpaired) electrons. The van der Waals surface area contributed by atoms with Crippen molar-refractivity contribution in [3.8, 4) is 0 Å². The second-order valence-corrected chi connectivity index (χ2v) is 10.3. The molecule has 1 aliphatic rings. The van der Waals surface area contributed by atoms with Crippen LogP contribution in [0.3, 0.4) is 0 Å². The Kier molecular flexibility index (Phi) is 9.35. The molecule has 0 aliphatic carbocycles. The van der Waals surface area contributed by atoms with Crippen molar-refractivity contribution in [3.63, 3.8) is 0 Å². The standard InChI is InChI=1S/C32H26N6O4S/c39-29(36-28-19-30(40)38(37-28)25-11-5-2-6-12-25)21-43-26-15-13-24(14-16-26)34-32(42)27(18-22-8-7-17-33-20-22)35-31(41)23-9-3-1-4-10-23/h1-18,20H,19,21H2,(H,34,42)(H,35,41)(H,36,37,39)/b27-18-. The second kappa shape index (κ2) is 13.9. The van der Waals surface area contributed by atoms with Gasteiger partial charge in [0, 0.05) is 28.5 Å². The van der Waals surface area contributed by atoms with Crippen molar-refractivity contribution in [2.75, 3.05) is 16.1 Å². The van der Waals surface area contributed by atoms with Crippen LogP contribution in [0.2, 0.25) is 0 Å². The summed E-state index contributed by atoms with van der Waals surface area (Å²) >= 11 is 1.30. The molecule has 4 aromatic rings. The van der Waals surface area contributed by atoms with Crippen molar-refractivity contribution < 1.29 is 19.2 Å². The molecule has 0 unspecified atom stereocenters. The van der Waals surface area contributed by atoms with Gasteiger partial charge in [0.05, 0.1) is 17.9 Å². The first-order valence-corrected chi connectivity index (χ1v) is 14.2. The first-order chi connectivity index (χ1) is 20.9. The van der Waals surface area contributed by atoms with Crippen LogP contribution >= 0.6 is 11.8 Å². The van der Waals surface area contributed by atoms with Gasteiger partial charge in [0.2, 0.25) is 5.91 Å². The second-order valence-electron chi connectivity index (χ2n) is 9.24. The van der Waals surface area contributed by atoms with Crippen molar-refractivity contribution in [2.24, 2.45) is 5.10 Å². The Morgan fingerprint density at radius 3 is 2.28 bits per heavy atom. The zero-order valence-corrected chi connectivity index (χ0v) is 23.6. The molecule has 0 spiro atoms. The Labute approximate surface area is 251 Å². The number of nitrogens with zero attached hydrogens (tertiary/aromatic N) is 3. The summed E-state index contributed by atoms with van der Waals surface area (Å²) in [6, 6.07) is 28.1. The third-order valence-corrected chi connectivity index (χ3v) is 7.08. The summed E-state index contributed by atoms with van der Waals surface area (Å²) in [4.78, 5) is 55.6. The van der Waals surface area contributed by atoms with E-state index >= 15 is 0 Å². The number of carbonyl (C=O) groups is 4. The van der Waals surface area contributed by atoms with E-state index in [1.807, 2.05) is 18.2 Å². The van der Waals surface area contributed by atoms with Crippen LogP contribution in [0.1, 0.15) is 22.3 Å². The number of amides is 4. The molecule has 43 heavy (non-hydrogen) atoms. The summed E-state index contributed by atoms with van der Waals surface area (Å²) in [6.45, 7) is 0. The Morgan fingerprint density at radius 1 is 0.860 bits per heavy atom. The quantitative estimate of drug-likeness (QED) is 0.195. The fraction of sp³-hybridized carbons (Fsp3) is 0.0625. The lowest BCUT2D eigenvalue weighted by Gasteiger charge is -2.12. The number of hydrogen-bond acceptors (Lipinski definition) is 7. The lowest BCUT2D eigenvalue weighted by molar-refractivity contribution is -0.117. The monoisotopic (exact) mass is 590 g/mol. The maximum atomic E-state index is 13.2. The Morgan fingerprint density at radius 2 is 1.58 bits per heavy atom. The zero-order valence-electron chi connectivity index (χ0n) is 22.8. The summed E-state index contributed by atoms with van der Waals surface area (Å²) in [7, 11) is 0.